The van der Waals surface area contributed by atoms with Gasteiger partial charge in [0.05, 0.1) is 10.5 Å². The number of nitrogens with zero attached hydrogens (tertiary/aromatic N) is 2. The molecule has 2 aromatic rings. The molecule has 0 fully saturated rings. The predicted octanol–water partition coefficient (Wildman–Crippen LogP) is 4.27. The molecule has 0 spiro atoms. The van der Waals surface area contributed by atoms with E-state index in [1.165, 1.54) is 23.9 Å². The third-order valence-corrected chi connectivity index (χ3v) is 3.67. The first kappa shape index (κ1) is 13.4. The molecule has 2 rings (SSSR count). The van der Waals surface area contributed by atoms with Gasteiger partial charge < -0.3 is 0 Å². The van der Waals surface area contributed by atoms with Gasteiger partial charge in [-0.15, -0.1) is 0 Å². The summed E-state index contributed by atoms with van der Waals surface area (Å²) < 4.78 is 0. The Balaban J connectivity index is 2.33. The average molecular weight is 291 g/mol. The minimum absolute atomic E-state index is 0.0861. The molecule has 0 amide bonds. The maximum absolute atomic E-state index is 10.7. The van der Waals surface area contributed by atoms with Gasteiger partial charge in [-0.25, -0.2) is 0 Å². The molecule has 4 nitrogen and oxygen atoms in total. The van der Waals surface area contributed by atoms with Crippen LogP contribution in [0.15, 0.2) is 52.3 Å². The van der Waals surface area contributed by atoms with Crippen molar-refractivity contribution in [3.8, 4) is 6.07 Å². The largest absolute Gasteiger partial charge is 0.270 e. The van der Waals surface area contributed by atoms with E-state index in [1.54, 1.807) is 18.2 Å². The van der Waals surface area contributed by atoms with E-state index >= 15 is 0 Å². The molecule has 0 atom stereocenters. The molecule has 19 heavy (non-hydrogen) atoms. The molecule has 0 aliphatic heterocycles. The SMILES string of the molecule is N#Cc1cc([N+](=O)[O-])ccc1Sc1ccc(Cl)cc1. The fourth-order valence-corrected chi connectivity index (χ4v) is 2.44. The quantitative estimate of drug-likeness (QED) is 0.625. The molecule has 0 aliphatic carbocycles. The van der Waals surface area contributed by atoms with Gasteiger partial charge in [0, 0.05) is 26.9 Å². The first-order chi connectivity index (χ1) is 9.10. The van der Waals surface area contributed by atoms with Gasteiger partial charge in [-0.1, -0.05) is 23.4 Å². The minimum Gasteiger partial charge on any atom is -0.258 e. The highest BCUT2D eigenvalue weighted by Crippen LogP contribution is 2.32. The van der Waals surface area contributed by atoms with Crippen LogP contribution in [0.4, 0.5) is 5.69 Å². The number of nitriles is 1. The van der Waals surface area contributed by atoms with E-state index in [0.29, 0.717) is 9.92 Å². The Kier molecular flexibility index (Phi) is 4.05. The zero-order valence-electron chi connectivity index (χ0n) is 9.54. The number of hydrogen-bond donors (Lipinski definition) is 0. The number of benzene rings is 2. The van der Waals surface area contributed by atoms with Gasteiger partial charge in [0.25, 0.3) is 5.69 Å². The van der Waals surface area contributed by atoms with Gasteiger partial charge in [0.2, 0.25) is 0 Å². The van der Waals surface area contributed by atoms with Crippen molar-refractivity contribution in [3.05, 3.63) is 63.2 Å². The van der Waals surface area contributed by atoms with Crippen LogP contribution in [0, 0.1) is 21.4 Å². The summed E-state index contributed by atoms with van der Waals surface area (Å²) in [5.74, 6) is 0. The molecule has 0 aromatic heterocycles. The van der Waals surface area contributed by atoms with Gasteiger partial charge >= 0.3 is 0 Å². The molecule has 0 heterocycles. The monoisotopic (exact) mass is 290 g/mol. The molecule has 0 bridgehead atoms. The van der Waals surface area contributed by atoms with Crippen LogP contribution in [0.2, 0.25) is 5.02 Å². The Bertz CT molecular complexity index is 665. The van der Waals surface area contributed by atoms with Crippen molar-refractivity contribution in [1.29, 1.82) is 5.26 Å². The highest BCUT2D eigenvalue weighted by atomic mass is 35.5. The van der Waals surface area contributed by atoms with Crippen molar-refractivity contribution >= 4 is 29.1 Å². The maximum atomic E-state index is 10.7. The second kappa shape index (κ2) is 5.74. The second-order valence-corrected chi connectivity index (χ2v) is 5.16. The molecule has 2 aromatic carbocycles. The van der Waals surface area contributed by atoms with Crippen LogP contribution in [-0.4, -0.2) is 4.92 Å². The van der Waals surface area contributed by atoms with Crippen molar-refractivity contribution in [2.45, 2.75) is 9.79 Å². The first-order valence-corrected chi connectivity index (χ1v) is 6.41. The Hall–Kier alpha value is -2.03. The van der Waals surface area contributed by atoms with Crippen molar-refractivity contribution in [2.24, 2.45) is 0 Å². The number of non-ortho nitro benzene ring substituents is 1. The van der Waals surface area contributed by atoms with Gasteiger partial charge in [0.15, 0.2) is 0 Å². The molecule has 0 saturated carbocycles. The number of hydrogen-bond acceptors (Lipinski definition) is 4. The zero-order chi connectivity index (χ0) is 13.8. The highest BCUT2D eigenvalue weighted by Gasteiger charge is 2.11. The standard InChI is InChI=1S/C13H7ClN2O2S/c14-10-1-4-12(5-2-10)19-13-6-3-11(16(17)18)7-9(13)8-15/h1-7H. The van der Waals surface area contributed by atoms with E-state index in [1.807, 2.05) is 18.2 Å². The van der Waals surface area contributed by atoms with Crippen molar-refractivity contribution in [3.63, 3.8) is 0 Å². The number of nitro groups is 1. The summed E-state index contributed by atoms with van der Waals surface area (Å²) in [6.07, 6.45) is 0. The van der Waals surface area contributed by atoms with Crippen molar-refractivity contribution < 1.29 is 4.92 Å². The molecule has 94 valence electrons. The smallest absolute Gasteiger partial charge is 0.258 e. The third-order valence-electron chi connectivity index (χ3n) is 2.34. The molecule has 0 aliphatic rings. The maximum Gasteiger partial charge on any atom is 0.270 e. The van der Waals surface area contributed by atoms with Crippen LogP contribution in [0.1, 0.15) is 5.56 Å². The Morgan fingerprint density at radius 3 is 2.47 bits per heavy atom. The summed E-state index contributed by atoms with van der Waals surface area (Å²) in [6, 6.07) is 13.4. The fraction of sp³-hybridized carbons (Fsp3) is 0. The lowest BCUT2D eigenvalue weighted by atomic mass is 10.2. The second-order valence-electron chi connectivity index (χ2n) is 3.61. The Morgan fingerprint density at radius 2 is 1.89 bits per heavy atom. The Morgan fingerprint density at radius 1 is 1.21 bits per heavy atom. The Labute approximate surface area is 118 Å². The van der Waals surface area contributed by atoms with E-state index in [9.17, 15) is 10.1 Å². The predicted molar refractivity (Wildman–Crippen MR) is 73.4 cm³/mol. The van der Waals surface area contributed by atoms with Crippen molar-refractivity contribution in [1.82, 2.24) is 0 Å². The third kappa shape index (κ3) is 3.25. The molecule has 6 heteroatoms. The van der Waals surface area contributed by atoms with E-state index in [4.69, 9.17) is 16.9 Å². The van der Waals surface area contributed by atoms with Crippen LogP contribution in [0.25, 0.3) is 0 Å². The average Bonchev–Trinajstić information content (AvgIpc) is 2.41. The summed E-state index contributed by atoms with van der Waals surface area (Å²) in [4.78, 5) is 11.7. The number of rotatable bonds is 3. The summed E-state index contributed by atoms with van der Waals surface area (Å²) in [7, 11) is 0. The molecular weight excluding hydrogens is 284 g/mol. The van der Waals surface area contributed by atoms with Crippen LogP contribution in [0.3, 0.4) is 0 Å². The molecule has 0 unspecified atom stereocenters. The lowest BCUT2D eigenvalue weighted by Crippen LogP contribution is -1.90. The van der Waals surface area contributed by atoms with Gasteiger partial charge in [0.1, 0.15) is 6.07 Å². The highest BCUT2D eigenvalue weighted by molar-refractivity contribution is 7.99. The van der Waals surface area contributed by atoms with E-state index in [2.05, 4.69) is 0 Å². The zero-order valence-corrected chi connectivity index (χ0v) is 11.1. The van der Waals surface area contributed by atoms with Crippen LogP contribution < -0.4 is 0 Å². The molecule has 0 N–H and O–H groups in total. The van der Waals surface area contributed by atoms with E-state index in [0.717, 1.165) is 4.90 Å². The van der Waals surface area contributed by atoms with E-state index < -0.39 is 4.92 Å². The molecule has 0 saturated heterocycles. The number of halogens is 1. The molecular formula is C13H7ClN2O2S. The normalized spacial score (nSPS) is 9.89. The van der Waals surface area contributed by atoms with Crippen LogP contribution >= 0.6 is 23.4 Å². The summed E-state index contributed by atoms with van der Waals surface area (Å²) >= 11 is 7.16. The van der Waals surface area contributed by atoms with Gasteiger partial charge in [-0.3, -0.25) is 10.1 Å². The lowest BCUT2D eigenvalue weighted by molar-refractivity contribution is -0.384. The van der Waals surface area contributed by atoms with Crippen molar-refractivity contribution in [2.75, 3.05) is 0 Å². The fourth-order valence-electron chi connectivity index (χ4n) is 1.44. The summed E-state index contributed by atoms with van der Waals surface area (Å²) in [5.41, 5.74) is 0.200. The van der Waals surface area contributed by atoms with Gasteiger partial charge in [-0.05, 0) is 30.3 Å². The first-order valence-electron chi connectivity index (χ1n) is 5.22. The van der Waals surface area contributed by atoms with Crippen LogP contribution in [-0.2, 0) is 0 Å². The van der Waals surface area contributed by atoms with E-state index in [-0.39, 0.29) is 11.3 Å². The number of nitro benzene ring substituents is 1. The van der Waals surface area contributed by atoms with Gasteiger partial charge in [-0.2, -0.15) is 5.26 Å². The van der Waals surface area contributed by atoms with Crippen LogP contribution in [0.5, 0.6) is 0 Å². The topological polar surface area (TPSA) is 66.9 Å². The summed E-state index contributed by atoms with van der Waals surface area (Å²) in [6.45, 7) is 0. The lowest BCUT2D eigenvalue weighted by Gasteiger charge is -2.04. The molecule has 0 radical (unpaired) electrons. The minimum atomic E-state index is -0.516. The summed E-state index contributed by atoms with van der Waals surface area (Å²) in [5, 5.41) is 20.3.